The van der Waals surface area contributed by atoms with Crippen LogP contribution in [-0.2, 0) is 6.18 Å². The number of amides is 1. The second-order valence-electron chi connectivity index (χ2n) is 7.27. The fraction of sp³-hybridized carbons (Fsp3) is 0.450. The van der Waals surface area contributed by atoms with Crippen molar-refractivity contribution in [3.05, 3.63) is 47.8 Å². The first-order chi connectivity index (χ1) is 13.9. The number of alkyl halides is 3. The number of benzene rings is 1. The predicted molar refractivity (Wildman–Crippen MR) is 99.9 cm³/mol. The van der Waals surface area contributed by atoms with Gasteiger partial charge in [0.25, 0.3) is 5.91 Å². The van der Waals surface area contributed by atoms with Crippen LogP contribution < -0.4 is 9.64 Å². The molecule has 2 saturated heterocycles. The van der Waals surface area contributed by atoms with Crippen molar-refractivity contribution in [1.82, 2.24) is 14.9 Å². The van der Waals surface area contributed by atoms with Crippen LogP contribution >= 0.6 is 0 Å². The highest BCUT2D eigenvalue weighted by atomic mass is 19.4. The van der Waals surface area contributed by atoms with Gasteiger partial charge in [-0.2, -0.15) is 13.2 Å². The summed E-state index contributed by atoms with van der Waals surface area (Å²) in [6.45, 7) is 2.64. The third-order valence-electron chi connectivity index (χ3n) is 5.21. The molecule has 1 unspecified atom stereocenters. The Morgan fingerprint density at radius 2 is 1.90 bits per heavy atom. The number of rotatable bonds is 4. The van der Waals surface area contributed by atoms with Crippen LogP contribution in [0.1, 0.15) is 35.2 Å². The minimum absolute atomic E-state index is 0.0267. The molecule has 0 aliphatic carbocycles. The van der Waals surface area contributed by atoms with Crippen LogP contribution in [0, 0.1) is 0 Å². The summed E-state index contributed by atoms with van der Waals surface area (Å²) in [7, 11) is 0. The molecule has 6 nitrogen and oxygen atoms in total. The average molecular weight is 406 g/mol. The Morgan fingerprint density at radius 1 is 1.10 bits per heavy atom. The van der Waals surface area contributed by atoms with E-state index < -0.39 is 17.6 Å². The lowest BCUT2D eigenvalue weighted by Gasteiger charge is -2.19. The molecule has 9 heteroatoms. The molecule has 0 N–H and O–H groups in total. The Bertz CT molecular complexity index is 884. The number of aromatic nitrogens is 2. The summed E-state index contributed by atoms with van der Waals surface area (Å²) in [5.41, 5.74) is -0.801. The van der Waals surface area contributed by atoms with Crippen LogP contribution in [0.5, 0.6) is 5.88 Å². The Hall–Kier alpha value is -2.84. The van der Waals surface area contributed by atoms with Crippen molar-refractivity contribution < 1.29 is 22.7 Å². The average Bonchev–Trinajstić information content (AvgIpc) is 3.39. The number of halogens is 3. The summed E-state index contributed by atoms with van der Waals surface area (Å²) < 4.78 is 44.6. The van der Waals surface area contributed by atoms with E-state index in [1.807, 2.05) is 0 Å². The van der Waals surface area contributed by atoms with E-state index in [1.54, 1.807) is 6.07 Å². The number of carbonyl (C=O) groups is 1. The van der Waals surface area contributed by atoms with Gasteiger partial charge in [-0.05, 0) is 31.0 Å². The second kappa shape index (κ2) is 7.88. The minimum atomic E-state index is -4.48. The topological polar surface area (TPSA) is 58.6 Å². The van der Waals surface area contributed by atoms with E-state index >= 15 is 0 Å². The SMILES string of the molecule is O=C(c1cccc(C(F)(F)F)c1)N1CCC(Oc2cc(N3CCCC3)ncn2)C1. The van der Waals surface area contributed by atoms with Gasteiger partial charge in [-0.1, -0.05) is 6.07 Å². The minimum Gasteiger partial charge on any atom is -0.472 e. The first-order valence-corrected chi connectivity index (χ1v) is 9.60. The lowest BCUT2D eigenvalue weighted by molar-refractivity contribution is -0.137. The predicted octanol–water partition coefficient (Wildman–Crippen LogP) is 3.39. The van der Waals surface area contributed by atoms with Gasteiger partial charge in [0.2, 0.25) is 5.88 Å². The summed E-state index contributed by atoms with van der Waals surface area (Å²) in [4.78, 5) is 24.8. The maximum Gasteiger partial charge on any atom is 0.416 e. The summed E-state index contributed by atoms with van der Waals surface area (Å²) in [6, 6.07) is 6.30. The molecule has 2 aliphatic heterocycles. The number of anilines is 1. The van der Waals surface area contributed by atoms with E-state index in [1.165, 1.54) is 23.4 Å². The van der Waals surface area contributed by atoms with Gasteiger partial charge in [0.15, 0.2) is 0 Å². The zero-order valence-corrected chi connectivity index (χ0v) is 15.7. The maximum absolute atomic E-state index is 12.9. The van der Waals surface area contributed by atoms with Gasteiger partial charge in [-0.15, -0.1) is 0 Å². The first kappa shape index (κ1) is 19.5. The highest BCUT2D eigenvalue weighted by Crippen LogP contribution is 2.30. The molecular weight excluding hydrogens is 385 g/mol. The third kappa shape index (κ3) is 4.44. The van der Waals surface area contributed by atoms with Gasteiger partial charge in [0.05, 0.1) is 12.1 Å². The van der Waals surface area contributed by atoms with Crippen molar-refractivity contribution in [3.63, 3.8) is 0 Å². The Kier molecular flexibility index (Phi) is 5.29. The normalized spacial score (nSPS) is 19.6. The lowest BCUT2D eigenvalue weighted by Crippen LogP contribution is -2.31. The number of hydrogen-bond donors (Lipinski definition) is 0. The van der Waals surface area contributed by atoms with E-state index in [0.717, 1.165) is 43.9 Å². The smallest absolute Gasteiger partial charge is 0.416 e. The van der Waals surface area contributed by atoms with Gasteiger partial charge >= 0.3 is 6.18 Å². The van der Waals surface area contributed by atoms with Crippen LogP contribution in [0.3, 0.4) is 0 Å². The molecule has 29 heavy (non-hydrogen) atoms. The number of hydrogen-bond acceptors (Lipinski definition) is 5. The van der Waals surface area contributed by atoms with E-state index in [-0.39, 0.29) is 11.7 Å². The van der Waals surface area contributed by atoms with Crippen molar-refractivity contribution in [2.45, 2.75) is 31.5 Å². The fourth-order valence-electron chi connectivity index (χ4n) is 3.70. The summed E-state index contributed by atoms with van der Waals surface area (Å²) >= 11 is 0. The second-order valence-corrected chi connectivity index (χ2v) is 7.27. The number of ether oxygens (including phenoxy) is 1. The molecular formula is C20H21F3N4O2. The van der Waals surface area contributed by atoms with Crippen molar-refractivity contribution in [3.8, 4) is 5.88 Å². The lowest BCUT2D eigenvalue weighted by atomic mass is 10.1. The molecule has 3 heterocycles. The monoisotopic (exact) mass is 406 g/mol. The van der Waals surface area contributed by atoms with E-state index in [2.05, 4.69) is 14.9 Å². The zero-order chi connectivity index (χ0) is 20.4. The molecule has 1 aromatic heterocycles. The number of likely N-dealkylation sites (tertiary alicyclic amines) is 1. The van der Waals surface area contributed by atoms with Gasteiger partial charge < -0.3 is 14.5 Å². The molecule has 0 spiro atoms. The largest absolute Gasteiger partial charge is 0.472 e. The number of nitrogens with zero attached hydrogens (tertiary/aromatic N) is 4. The van der Waals surface area contributed by atoms with E-state index in [9.17, 15) is 18.0 Å². The first-order valence-electron chi connectivity index (χ1n) is 9.60. The summed E-state index contributed by atoms with van der Waals surface area (Å²) in [6.07, 6.45) is -0.416. The van der Waals surface area contributed by atoms with Crippen LogP contribution in [0.4, 0.5) is 19.0 Å². The quantitative estimate of drug-likeness (QED) is 0.779. The molecule has 0 bridgehead atoms. The fourth-order valence-corrected chi connectivity index (χ4v) is 3.70. The highest BCUT2D eigenvalue weighted by Gasteiger charge is 2.33. The molecule has 2 fully saturated rings. The molecule has 1 aromatic carbocycles. The molecule has 1 atom stereocenters. The van der Waals surface area contributed by atoms with Crippen molar-refractivity contribution >= 4 is 11.7 Å². The van der Waals surface area contributed by atoms with Crippen molar-refractivity contribution in [2.24, 2.45) is 0 Å². The van der Waals surface area contributed by atoms with Crippen LogP contribution in [0.15, 0.2) is 36.7 Å². The van der Waals surface area contributed by atoms with Gasteiger partial charge in [0.1, 0.15) is 18.2 Å². The molecule has 154 valence electrons. The maximum atomic E-state index is 12.9. The molecule has 1 amide bonds. The van der Waals surface area contributed by atoms with Crippen LogP contribution in [0.25, 0.3) is 0 Å². The Balaban J connectivity index is 1.39. The summed E-state index contributed by atoms with van der Waals surface area (Å²) in [5, 5.41) is 0. The standard InChI is InChI=1S/C20H21F3N4O2/c21-20(22,23)15-5-3-4-14(10-15)19(28)27-9-6-16(12-27)29-18-11-17(24-13-25-18)26-7-1-2-8-26/h3-5,10-11,13,16H,1-2,6-9,12H2. The van der Waals surface area contributed by atoms with Crippen molar-refractivity contribution in [2.75, 3.05) is 31.1 Å². The Labute approximate surface area is 166 Å². The van der Waals surface area contributed by atoms with Crippen LogP contribution in [-0.4, -0.2) is 53.1 Å². The molecule has 2 aliphatic rings. The van der Waals surface area contributed by atoms with Gasteiger partial charge in [0, 0.05) is 37.7 Å². The molecule has 2 aromatic rings. The van der Waals surface area contributed by atoms with Crippen molar-refractivity contribution in [1.29, 1.82) is 0 Å². The molecule has 0 radical (unpaired) electrons. The van der Waals surface area contributed by atoms with Crippen LogP contribution in [0.2, 0.25) is 0 Å². The van der Waals surface area contributed by atoms with Gasteiger partial charge in [-0.3, -0.25) is 4.79 Å². The van der Waals surface area contributed by atoms with E-state index in [4.69, 9.17) is 4.74 Å². The Morgan fingerprint density at radius 3 is 2.66 bits per heavy atom. The third-order valence-corrected chi connectivity index (χ3v) is 5.21. The molecule has 4 rings (SSSR count). The van der Waals surface area contributed by atoms with E-state index in [0.29, 0.717) is 25.4 Å². The number of carbonyl (C=O) groups excluding carboxylic acids is 1. The highest BCUT2D eigenvalue weighted by molar-refractivity contribution is 5.94. The van der Waals surface area contributed by atoms with Gasteiger partial charge in [-0.25, -0.2) is 9.97 Å². The summed E-state index contributed by atoms with van der Waals surface area (Å²) in [5.74, 6) is 0.838. The molecule has 0 saturated carbocycles. The zero-order valence-electron chi connectivity index (χ0n) is 15.7.